The van der Waals surface area contributed by atoms with Crippen molar-refractivity contribution in [2.75, 3.05) is 33.1 Å². The number of amides is 1. The minimum Gasteiger partial charge on any atom is -0.510 e. The Bertz CT molecular complexity index is 1340. The van der Waals surface area contributed by atoms with Crippen LogP contribution in [-0.4, -0.2) is 88.2 Å². The lowest BCUT2D eigenvalue weighted by atomic mass is 9.58. The number of carbonyl (C=O) groups excluding carboxylic acids is 3. The first kappa shape index (κ1) is 28.6. The molecular weight excluding hydrogens is 504 g/mol. The van der Waals surface area contributed by atoms with Crippen LogP contribution < -0.4 is 16.0 Å². The molecule has 0 spiro atoms. The van der Waals surface area contributed by atoms with Crippen LogP contribution in [-0.2, 0) is 22.6 Å². The van der Waals surface area contributed by atoms with Gasteiger partial charge in [0.1, 0.15) is 22.8 Å². The van der Waals surface area contributed by atoms with E-state index >= 15 is 0 Å². The van der Waals surface area contributed by atoms with Gasteiger partial charge in [-0.05, 0) is 70.8 Å². The Morgan fingerprint density at radius 2 is 1.77 bits per heavy atom. The van der Waals surface area contributed by atoms with Gasteiger partial charge in [0.05, 0.1) is 11.6 Å². The molecule has 0 unspecified atom stereocenters. The van der Waals surface area contributed by atoms with E-state index in [1.54, 1.807) is 14.1 Å². The van der Waals surface area contributed by atoms with Gasteiger partial charge in [-0.1, -0.05) is 0 Å². The fourth-order valence-electron chi connectivity index (χ4n) is 6.43. The Balaban J connectivity index is 1.93. The minimum atomic E-state index is -2.65. The first-order valence-corrected chi connectivity index (χ1v) is 12.9. The molecule has 1 aromatic carbocycles. The number of phenolic OH excluding ortho intramolecular Hbond substituents is 1. The highest BCUT2D eigenvalue weighted by Gasteiger charge is 2.63. The third kappa shape index (κ3) is 4.29. The number of Topliss-reactive ketones (excluding diaryl/α,β-unsaturated/α-hetero) is 2. The molecule has 0 aromatic heterocycles. The number of hydrogen-bond donors (Lipinski definition) is 6. The van der Waals surface area contributed by atoms with Crippen molar-refractivity contribution in [3.8, 4) is 5.75 Å². The van der Waals surface area contributed by atoms with Crippen LogP contribution in [0.25, 0.3) is 0 Å². The van der Waals surface area contributed by atoms with E-state index < -0.39 is 58.0 Å². The Morgan fingerprint density at radius 3 is 2.28 bits per heavy atom. The molecule has 0 aliphatic heterocycles. The number of phenols is 1. The molecule has 11 heteroatoms. The highest BCUT2D eigenvalue weighted by Crippen LogP contribution is 2.53. The van der Waals surface area contributed by atoms with Gasteiger partial charge >= 0.3 is 0 Å². The molecule has 39 heavy (non-hydrogen) atoms. The van der Waals surface area contributed by atoms with Crippen LogP contribution >= 0.6 is 0 Å². The first-order chi connectivity index (χ1) is 17.9. The summed E-state index contributed by atoms with van der Waals surface area (Å²) in [6, 6.07) is 0.488. The number of allylic oxidation sites excluding steroid dienone is 1. The van der Waals surface area contributed by atoms with Gasteiger partial charge in [-0.15, -0.1) is 0 Å². The number of nitrogens with two attached hydrogens (primary N) is 1. The largest absolute Gasteiger partial charge is 0.510 e. The van der Waals surface area contributed by atoms with Gasteiger partial charge in [0, 0.05) is 43.4 Å². The average molecular weight is 543 g/mol. The number of fused-ring (bicyclic) bond motifs is 3. The molecule has 1 amide bonds. The number of ketones is 2. The Kier molecular flexibility index (Phi) is 6.86. The molecule has 0 saturated carbocycles. The topological polar surface area (TPSA) is 177 Å². The number of hydrogen-bond acceptors (Lipinski definition) is 10. The summed E-state index contributed by atoms with van der Waals surface area (Å²) in [7, 11) is 6.89. The SMILES string of the molecule is CN(C)c1c(CNC(C)(C)C)cc(O)c2c1C[C@H]1C[C@H]3[C@H](N(C)C)C(O)=C(C(N)=O)C(=O)[C@@]3(O)C(O)=C1C2=O. The fraction of sp³-hybridized carbons (Fsp3) is 0.536. The molecule has 212 valence electrons. The lowest BCUT2D eigenvalue weighted by molar-refractivity contribution is -0.148. The van der Waals surface area contributed by atoms with E-state index in [1.165, 1.54) is 11.0 Å². The molecule has 4 rings (SSSR count). The van der Waals surface area contributed by atoms with E-state index in [0.29, 0.717) is 12.1 Å². The predicted molar refractivity (Wildman–Crippen MR) is 145 cm³/mol. The molecule has 0 heterocycles. The number of anilines is 1. The molecule has 7 N–H and O–H groups in total. The summed E-state index contributed by atoms with van der Waals surface area (Å²) in [5, 5.41) is 48.5. The van der Waals surface area contributed by atoms with Crippen LogP contribution in [0, 0.1) is 11.8 Å². The van der Waals surface area contributed by atoms with Crippen molar-refractivity contribution < 1.29 is 34.8 Å². The fourth-order valence-corrected chi connectivity index (χ4v) is 6.43. The van der Waals surface area contributed by atoms with Crippen molar-refractivity contribution in [3.63, 3.8) is 0 Å². The Morgan fingerprint density at radius 1 is 1.15 bits per heavy atom. The van der Waals surface area contributed by atoms with Gasteiger partial charge in [-0.2, -0.15) is 0 Å². The molecule has 0 radical (unpaired) electrons. The summed E-state index contributed by atoms with van der Waals surface area (Å²) < 4.78 is 0. The number of aromatic hydroxyl groups is 1. The van der Waals surface area contributed by atoms with Crippen molar-refractivity contribution in [2.45, 2.75) is 57.3 Å². The monoisotopic (exact) mass is 542 g/mol. The number of benzene rings is 1. The van der Waals surface area contributed by atoms with Crippen molar-refractivity contribution in [1.29, 1.82) is 0 Å². The Hall–Kier alpha value is -3.41. The van der Waals surface area contributed by atoms with Crippen molar-refractivity contribution in [2.24, 2.45) is 17.6 Å². The zero-order valence-corrected chi connectivity index (χ0v) is 23.4. The molecule has 11 nitrogen and oxygen atoms in total. The summed E-state index contributed by atoms with van der Waals surface area (Å²) in [6.07, 6.45) is 0.281. The smallest absolute Gasteiger partial charge is 0.255 e. The molecule has 3 aliphatic carbocycles. The van der Waals surface area contributed by atoms with E-state index in [4.69, 9.17) is 5.73 Å². The number of nitrogens with one attached hydrogen (secondary N) is 1. The van der Waals surface area contributed by atoms with E-state index in [-0.39, 0.29) is 35.3 Å². The zero-order chi connectivity index (χ0) is 29.4. The lowest BCUT2D eigenvalue weighted by Gasteiger charge is -2.50. The highest BCUT2D eigenvalue weighted by atomic mass is 16.3. The molecule has 1 aromatic rings. The summed E-state index contributed by atoms with van der Waals surface area (Å²) in [5.41, 5.74) is 3.68. The number of nitrogens with zero attached hydrogens (tertiary/aromatic N) is 2. The van der Waals surface area contributed by atoms with Crippen molar-refractivity contribution >= 4 is 23.2 Å². The maximum absolute atomic E-state index is 13.9. The normalized spacial score (nSPS) is 26.9. The van der Waals surface area contributed by atoms with Crippen molar-refractivity contribution in [3.05, 3.63) is 45.4 Å². The standard InChI is InChI=1S/C28H38N4O7/c1-27(2,3)30-11-13-10-16(33)18-14(20(13)31(4)5)8-12-9-15-21(32(6)7)23(35)19(26(29)38)25(37)28(15,39)24(36)17(12)22(18)34/h10,12,15,21,30,33,35-36,39H,8-9,11H2,1-7H3,(H2,29,38)/t12-,15-,21-,28-/m0/s1. The van der Waals surface area contributed by atoms with Gasteiger partial charge in [0.2, 0.25) is 5.78 Å². The summed E-state index contributed by atoms with van der Waals surface area (Å²) >= 11 is 0. The second-order valence-corrected chi connectivity index (χ2v) is 12.2. The number of likely N-dealkylation sites (N-methyl/N-ethyl adjacent to an activating group) is 1. The van der Waals surface area contributed by atoms with Crippen molar-refractivity contribution in [1.82, 2.24) is 10.2 Å². The molecule has 0 fully saturated rings. The third-order valence-electron chi connectivity index (χ3n) is 8.03. The van der Waals surface area contributed by atoms with Crippen LogP contribution in [0.1, 0.15) is 48.7 Å². The molecule has 0 bridgehead atoms. The molecule has 0 saturated heterocycles. The average Bonchev–Trinajstić information content (AvgIpc) is 2.78. The van der Waals surface area contributed by atoms with Crippen LogP contribution in [0.3, 0.4) is 0 Å². The molecule has 4 atom stereocenters. The summed E-state index contributed by atoms with van der Waals surface area (Å²) in [4.78, 5) is 42.8. The van der Waals surface area contributed by atoms with E-state index in [9.17, 15) is 34.8 Å². The van der Waals surface area contributed by atoms with E-state index in [0.717, 1.165) is 11.3 Å². The summed E-state index contributed by atoms with van der Waals surface area (Å²) in [5.74, 6) is -6.61. The number of primary amides is 1. The predicted octanol–water partition coefficient (Wildman–Crippen LogP) is 1.07. The van der Waals surface area contributed by atoms with Crippen LogP contribution in [0.5, 0.6) is 5.75 Å². The number of aliphatic hydroxyl groups is 3. The second kappa shape index (κ2) is 9.35. The zero-order valence-electron chi connectivity index (χ0n) is 23.4. The maximum Gasteiger partial charge on any atom is 0.255 e. The maximum atomic E-state index is 13.9. The van der Waals surface area contributed by atoms with Gasteiger partial charge in [0.15, 0.2) is 11.4 Å². The summed E-state index contributed by atoms with van der Waals surface area (Å²) in [6.45, 7) is 6.49. The highest BCUT2D eigenvalue weighted by molar-refractivity contribution is 6.24. The minimum absolute atomic E-state index is 0.000935. The lowest BCUT2D eigenvalue weighted by Crippen LogP contribution is -2.63. The Labute approximate surface area is 227 Å². The van der Waals surface area contributed by atoms with Gasteiger partial charge in [0.25, 0.3) is 5.91 Å². The third-order valence-corrected chi connectivity index (χ3v) is 8.03. The van der Waals surface area contributed by atoms with Gasteiger partial charge in [-0.3, -0.25) is 19.3 Å². The van der Waals surface area contributed by atoms with Crippen LogP contribution in [0.4, 0.5) is 5.69 Å². The quantitative estimate of drug-likeness (QED) is 0.295. The number of carbonyl (C=O) groups is 3. The number of aliphatic hydroxyl groups excluding tert-OH is 2. The van der Waals surface area contributed by atoms with E-state index in [1.807, 2.05) is 39.8 Å². The molecule has 3 aliphatic rings. The van der Waals surface area contributed by atoms with Gasteiger partial charge in [-0.25, -0.2) is 0 Å². The number of rotatable bonds is 5. The van der Waals surface area contributed by atoms with E-state index in [2.05, 4.69) is 5.32 Å². The first-order valence-electron chi connectivity index (χ1n) is 12.9. The van der Waals surface area contributed by atoms with Gasteiger partial charge < -0.3 is 36.4 Å². The van der Waals surface area contributed by atoms with Crippen LogP contribution in [0.15, 0.2) is 28.7 Å². The molecular formula is C28H38N4O7. The van der Waals surface area contributed by atoms with Crippen LogP contribution in [0.2, 0.25) is 0 Å². The second-order valence-electron chi connectivity index (χ2n) is 12.2.